The van der Waals surface area contributed by atoms with Gasteiger partial charge in [0.15, 0.2) is 5.82 Å². The third kappa shape index (κ3) is 2.79. The van der Waals surface area contributed by atoms with Crippen LogP contribution >= 0.6 is 11.6 Å². The molecular formula is C17H17ClN4O2. The van der Waals surface area contributed by atoms with Gasteiger partial charge in [-0.15, -0.1) is 0 Å². The van der Waals surface area contributed by atoms with Gasteiger partial charge in [0, 0.05) is 47.3 Å². The van der Waals surface area contributed by atoms with Gasteiger partial charge in [0.2, 0.25) is 5.91 Å². The van der Waals surface area contributed by atoms with Gasteiger partial charge in [-0.3, -0.25) is 9.69 Å². The predicted octanol–water partition coefficient (Wildman–Crippen LogP) is 3.05. The van der Waals surface area contributed by atoms with Gasteiger partial charge >= 0.3 is 0 Å². The normalized spacial score (nSPS) is 14.8. The van der Waals surface area contributed by atoms with Crippen molar-refractivity contribution in [1.82, 2.24) is 14.6 Å². The molecule has 1 aromatic carbocycles. The third-order valence-corrected chi connectivity index (χ3v) is 4.60. The van der Waals surface area contributed by atoms with Crippen molar-refractivity contribution in [1.29, 1.82) is 0 Å². The number of halogens is 1. The first-order valence-corrected chi connectivity index (χ1v) is 8.20. The number of aromatic nitrogens is 2. The molecule has 2 aromatic heterocycles. The summed E-state index contributed by atoms with van der Waals surface area (Å²) in [6.07, 6.45) is 0. The Morgan fingerprint density at radius 3 is 3.04 bits per heavy atom. The number of nitrogens with zero attached hydrogens (tertiary/aromatic N) is 3. The zero-order valence-corrected chi connectivity index (χ0v) is 14.0. The Morgan fingerprint density at radius 2 is 2.25 bits per heavy atom. The van der Waals surface area contributed by atoms with E-state index in [1.54, 1.807) is 13.0 Å². The first-order chi connectivity index (χ1) is 11.6. The molecule has 0 atom stereocenters. The number of hydrogen-bond donors (Lipinski definition) is 1. The number of aryl methyl sites for hydroxylation is 1. The Kier molecular flexibility index (Phi) is 3.78. The molecule has 1 amide bonds. The van der Waals surface area contributed by atoms with Crippen LogP contribution in [0.1, 0.15) is 11.5 Å². The summed E-state index contributed by atoms with van der Waals surface area (Å²) >= 11 is 6.28. The van der Waals surface area contributed by atoms with Crippen molar-refractivity contribution in [2.75, 3.05) is 18.4 Å². The Labute approximate surface area is 144 Å². The van der Waals surface area contributed by atoms with Crippen LogP contribution in [0.15, 0.2) is 34.9 Å². The molecule has 7 heteroatoms. The summed E-state index contributed by atoms with van der Waals surface area (Å²) < 4.78 is 7.23. The molecule has 0 saturated carbocycles. The number of rotatable bonds is 3. The SMILES string of the molecule is Cc1cc(NC(=O)CN2CCn3c(cc4c(Cl)cccc43)C2)no1. The lowest BCUT2D eigenvalue weighted by molar-refractivity contribution is -0.117. The molecule has 3 aromatic rings. The minimum absolute atomic E-state index is 0.0918. The fourth-order valence-electron chi connectivity index (χ4n) is 3.19. The van der Waals surface area contributed by atoms with E-state index in [0.717, 1.165) is 35.6 Å². The van der Waals surface area contributed by atoms with E-state index in [1.807, 2.05) is 12.1 Å². The quantitative estimate of drug-likeness (QED) is 0.793. The highest BCUT2D eigenvalue weighted by molar-refractivity contribution is 6.35. The first-order valence-electron chi connectivity index (χ1n) is 7.82. The van der Waals surface area contributed by atoms with Crippen LogP contribution in [0, 0.1) is 6.92 Å². The molecule has 1 N–H and O–H groups in total. The molecule has 124 valence electrons. The van der Waals surface area contributed by atoms with Gasteiger partial charge < -0.3 is 14.4 Å². The van der Waals surface area contributed by atoms with E-state index >= 15 is 0 Å². The molecule has 3 heterocycles. The molecule has 0 bridgehead atoms. The summed E-state index contributed by atoms with van der Waals surface area (Å²) in [5.74, 6) is 1.03. The maximum absolute atomic E-state index is 12.2. The van der Waals surface area contributed by atoms with Crippen LogP contribution in [0.25, 0.3) is 10.9 Å². The maximum atomic E-state index is 12.2. The topological polar surface area (TPSA) is 63.3 Å². The van der Waals surface area contributed by atoms with E-state index in [2.05, 4.69) is 32.1 Å². The van der Waals surface area contributed by atoms with Crippen molar-refractivity contribution in [2.45, 2.75) is 20.0 Å². The van der Waals surface area contributed by atoms with Crippen LogP contribution in [0.3, 0.4) is 0 Å². The van der Waals surface area contributed by atoms with Crippen LogP contribution in [-0.2, 0) is 17.9 Å². The molecule has 0 saturated heterocycles. The van der Waals surface area contributed by atoms with Crippen LogP contribution in [-0.4, -0.2) is 33.6 Å². The highest BCUT2D eigenvalue weighted by atomic mass is 35.5. The van der Waals surface area contributed by atoms with Crippen LogP contribution in [0.4, 0.5) is 5.82 Å². The number of fused-ring (bicyclic) bond motifs is 3. The largest absolute Gasteiger partial charge is 0.360 e. The summed E-state index contributed by atoms with van der Waals surface area (Å²) in [5, 5.41) is 8.37. The average Bonchev–Trinajstić information content (AvgIpc) is 3.11. The lowest BCUT2D eigenvalue weighted by Crippen LogP contribution is -2.38. The number of carbonyl (C=O) groups excluding carboxylic acids is 1. The second-order valence-electron chi connectivity index (χ2n) is 6.04. The van der Waals surface area contributed by atoms with Gasteiger partial charge in [-0.2, -0.15) is 0 Å². The Bertz CT molecular complexity index is 915. The number of hydrogen-bond acceptors (Lipinski definition) is 4. The van der Waals surface area contributed by atoms with Gasteiger partial charge in [0.25, 0.3) is 0 Å². The highest BCUT2D eigenvalue weighted by Crippen LogP contribution is 2.29. The number of anilines is 1. The number of nitrogens with one attached hydrogen (secondary N) is 1. The van der Waals surface area contributed by atoms with Crippen LogP contribution in [0.5, 0.6) is 0 Å². The fourth-order valence-corrected chi connectivity index (χ4v) is 3.42. The summed E-state index contributed by atoms with van der Waals surface area (Å²) in [6, 6.07) is 9.77. The minimum atomic E-state index is -0.0918. The zero-order valence-electron chi connectivity index (χ0n) is 13.3. The Balaban J connectivity index is 1.47. The van der Waals surface area contributed by atoms with E-state index in [4.69, 9.17) is 16.1 Å². The van der Waals surface area contributed by atoms with Gasteiger partial charge in [-0.1, -0.05) is 22.8 Å². The minimum Gasteiger partial charge on any atom is -0.360 e. The molecule has 1 aliphatic rings. The molecular weight excluding hydrogens is 328 g/mol. The van der Waals surface area contributed by atoms with Crippen LogP contribution in [0.2, 0.25) is 5.02 Å². The van der Waals surface area contributed by atoms with Crippen molar-refractivity contribution >= 4 is 34.2 Å². The third-order valence-electron chi connectivity index (χ3n) is 4.27. The molecule has 0 radical (unpaired) electrons. The van der Waals surface area contributed by atoms with Gasteiger partial charge in [-0.05, 0) is 25.1 Å². The summed E-state index contributed by atoms with van der Waals surface area (Å²) in [7, 11) is 0. The van der Waals surface area contributed by atoms with Crippen LogP contribution < -0.4 is 5.32 Å². The van der Waals surface area contributed by atoms with Gasteiger partial charge in [-0.25, -0.2) is 0 Å². The van der Waals surface area contributed by atoms with Gasteiger partial charge in [0.1, 0.15) is 5.76 Å². The standard InChI is InChI=1S/C17H17ClN4O2/c1-11-7-16(20-24-11)19-17(23)10-21-5-6-22-12(9-21)8-13-14(18)3-2-4-15(13)22/h2-4,7-8H,5-6,9-10H2,1H3,(H,19,20,23). The summed E-state index contributed by atoms with van der Waals surface area (Å²) in [4.78, 5) is 14.3. The van der Waals surface area contributed by atoms with Crippen molar-refractivity contribution in [3.63, 3.8) is 0 Å². The van der Waals surface area contributed by atoms with Crippen molar-refractivity contribution in [2.24, 2.45) is 0 Å². The zero-order chi connectivity index (χ0) is 16.7. The fraction of sp³-hybridized carbons (Fsp3) is 0.294. The van der Waals surface area contributed by atoms with Crippen molar-refractivity contribution in [3.8, 4) is 0 Å². The summed E-state index contributed by atoms with van der Waals surface area (Å²) in [6.45, 7) is 4.48. The number of amides is 1. The number of carbonyl (C=O) groups is 1. The lowest BCUT2D eigenvalue weighted by Gasteiger charge is -2.28. The lowest BCUT2D eigenvalue weighted by atomic mass is 10.2. The van der Waals surface area contributed by atoms with E-state index in [9.17, 15) is 4.79 Å². The number of benzene rings is 1. The Hall–Kier alpha value is -2.31. The second kappa shape index (κ2) is 5.96. The second-order valence-corrected chi connectivity index (χ2v) is 6.45. The predicted molar refractivity (Wildman–Crippen MR) is 92.1 cm³/mol. The smallest absolute Gasteiger partial charge is 0.239 e. The van der Waals surface area contributed by atoms with E-state index in [0.29, 0.717) is 18.1 Å². The van der Waals surface area contributed by atoms with E-state index < -0.39 is 0 Å². The first kappa shape index (κ1) is 15.2. The highest BCUT2D eigenvalue weighted by Gasteiger charge is 2.21. The van der Waals surface area contributed by atoms with Crippen molar-refractivity contribution in [3.05, 3.63) is 46.8 Å². The molecule has 4 rings (SSSR count). The van der Waals surface area contributed by atoms with Gasteiger partial charge in [0.05, 0.1) is 6.54 Å². The molecule has 0 aliphatic carbocycles. The molecule has 0 fully saturated rings. The maximum Gasteiger partial charge on any atom is 0.239 e. The molecule has 1 aliphatic heterocycles. The van der Waals surface area contributed by atoms with E-state index in [1.165, 1.54) is 5.69 Å². The molecule has 0 spiro atoms. The van der Waals surface area contributed by atoms with Crippen molar-refractivity contribution < 1.29 is 9.32 Å². The van der Waals surface area contributed by atoms with E-state index in [-0.39, 0.29) is 5.91 Å². The summed E-state index contributed by atoms with van der Waals surface area (Å²) in [5.41, 5.74) is 2.33. The average molecular weight is 345 g/mol. The molecule has 6 nitrogen and oxygen atoms in total. The monoisotopic (exact) mass is 344 g/mol. The Morgan fingerprint density at radius 1 is 1.38 bits per heavy atom. The molecule has 0 unspecified atom stereocenters. The molecule has 24 heavy (non-hydrogen) atoms.